The lowest BCUT2D eigenvalue weighted by atomic mass is 9.92. The van der Waals surface area contributed by atoms with Crippen LogP contribution in [-0.2, 0) is 57.1 Å². The molecule has 316 valence electrons. The number of rotatable bonds is 10. The Balaban J connectivity index is -0.000000128. The Morgan fingerprint density at radius 3 is 0.942 bits per heavy atom. The largest absolute Gasteiger partial charge is 0.469 e. The van der Waals surface area contributed by atoms with Gasteiger partial charge < -0.3 is 37.9 Å². The molecule has 0 aliphatic heterocycles. The predicted molar refractivity (Wildman–Crippen MR) is 209 cm³/mol. The number of hydrogen-bond donors (Lipinski definition) is 0. The minimum Gasteiger partial charge on any atom is -0.469 e. The minimum absolute atomic E-state index is 0. The normalized spacial score (nSPS) is 11.5. The van der Waals surface area contributed by atoms with E-state index < -0.39 is 18.2 Å². The molecule has 12 nitrogen and oxygen atoms in total. The van der Waals surface area contributed by atoms with Crippen LogP contribution < -0.4 is 0 Å². The van der Waals surface area contributed by atoms with Gasteiger partial charge in [0.1, 0.15) is 0 Å². The van der Waals surface area contributed by atoms with Crippen molar-refractivity contribution in [3.05, 3.63) is 0 Å². The first-order valence-corrected chi connectivity index (χ1v) is 17.3. The summed E-state index contributed by atoms with van der Waals surface area (Å²) in [5.74, 6) is -1.23. The molecule has 0 amide bonds. The third-order valence-electron chi connectivity index (χ3n) is 5.42. The molecule has 0 saturated heterocycles. The van der Waals surface area contributed by atoms with Crippen LogP contribution in [0.15, 0.2) is 0 Å². The standard InChI is InChI=1S/C10H18O4.C8H18O2.C7H16O2.2C7H14O2.CH4/c1-7(11)13-9(14-8(2)12)6-10(3,4)5;1-8(2,3)6-7(9-4)10-5;1-7(2,3)6(8-4)9-5;1-7(2,3)5-6(8)9-4;1-6(8)9-5-7(2,3)4;/h9H,6H2,1-5H3;7H,6H2,1-5H3;6H,1-5H3;2*5H2,1-4H3;1H4. The monoisotopic (exact) mass is 757 g/mol. The molecule has 0 aliphatic rings. The Hall–Kier alpha value is -2.28. The quantitative estimate of drug-likeness (QED) is 0.119. The van der Waals surface area contributed by atoms with Crippen molar-refractivity contribution < 1.29 is 57.1 Å². The molecule has 52 heavy (non-hydrogen) atoms. The zero-order valence-corrected chi connectivity index (χ0v) is 37.0. The van der Waals surface area contributed by atoms with Crippen molar-refractivity contribution in [3.8, 4) is 0 Å². The molecule has 0 aromatic rings. The maximum atomic E-state index is 10.7. The highest BCUT2D eigenvalue weighted by Crippen LogP contribution is 2.24. The molecule has 0 unspecified atom stereocenters. The Kier molecular flexibility index (Phi) is 35.7. The predicted octanol–water partition coefficient (Wildman–Crippen LogP) is 9.40. The summed E-state index contributed by atoms with van der Waals surface area (Å²) in [5, 5.41) is 0. The molecule has 0 N–H and O–H groups in total. The van der Waals surface area contributed by atoms with Crippen LogP contribution in [0.5, 0.6) is 0 Å². The second-order valence-corrected chi connectivity index (χ2v) is 17.9. The van der Waals surface area contributed by atoms with Crippen molar-refractivity contribution in [1.82, 2.24) is 0 Å². The fourth-order valence-electron chi connectivity index (χ4n) is 3.37. The van der Waals surface area contributed by atoms with E-state index in [1.807, 2.05) is 62.3 Å². The van der Waals surface area contributed by atoms with Gasteiger partial charge >= 0.3 is 23.9 Å². The molecule has 0 atom stereocenters. The molecule has 0 spiro atoms. The van der Waals surface area contributed by atoms with Crippen LogP contribution >= 0.6 is 0 Å². The maximum Gasteiger partial charge on any atom is 0.306 e. The molecular formula is C40H84O12. The van der Waals surface area contributed by atoms with Gasteiger partial charge in [-0.15, -0.1) is 0 Å². The summed E-state index contributed by atoms with van der Waals surface area (Å²) in [4.78, 5) is 42.3. The van der Waals surface area contributed by atoms with Crippen LogP contribution in [0, 0.1) is 27.1 Å². The zero-order valence-electron chi connectivity index (χ0n) is 37.0. The Labute approximate surface area is 320 Å². The van der Waals surface area contributed by atoms with Gasteiger partial charge in [-0.05, 0) is 21.7 Å². The molecule has 0 fully saturated rings. The summed E-state index contributed by atoms with van der Waals surface area (Å²) in [5.41, 5.74) is 0.425. The lowest BCUT2D eigenvalue weighted by molar-refractivity contribution is -0.189. The summed E-state index contributed by atoms with van der Waals surface area (Å²) in [6.07, 6.45) is 0.984. The van der Waals surface area contributed by atoms with Crippen molar-refractivity contribution in [2.24, 2.45) is 27.1 Å². The lowest BCUT2D eigenvalue weighted by Gasteiger charge is -2.27. The van der Waals surface area contributed by atoms with E-state index in [1.165, 1.54) is 27.9 Å². The molecule has 12 heteroatoms. The van der Waals surface area contributed by atoms with E-state index in [0.29, 0.717) is 19.4 Å². The van der Waals surface area contributed by atoms with Crippen LogP contribution in [0.2, 0.25) is 0 Å². The van der Waals surface area contributed by atoms with E-state index in [4.69, 9.17) is 33.2 Å². The highest BCUT2D eigenvalue weighted by molar-refractivity contribution is 5.69. The molecule has 0 saturated carbocycles. The van der Waals surface area contributed by atoms with Crippen molar-refractivity contribution >= 4 is 23.9 Å². The summed E-state index contributed by atoms with van der Waals surface area (Å²) < 4.78 is 39.2. The van der Waals surface area contributed by atoms with Crippen molar-refractivity contribution in [2.75, 3.05) is 42.2 Å². The van der Waals surface area contributed by atoms with Crippen LogP contribution in [0.1, 0.15) is 151 Å². The van der Waals surface area contributed by atoms with Gasteiger partial charge in [0.25, 0.3) is 0 Å². The van der Waals surface area contributed by atoms with Crippen molar-refractivity contribution in [2.45, 2.75) is 170 Å². The molecule has 0 rings (SSSR count). The Morgan fingerprint density at radius 2 is 0.827 bits per heavy atom. The number of esters is 4. The molecular weight excluding hydrogens is 672 g/mol. The minimum atomic E-state index is -0.773. The fourth-order valence-corrected chi connectivity index (χ4v) is 3.37. The third kappa shape index (κ3) is 57.1. The van der Waals surface area contributed by atoms with E-state index in [0.717, 1.165) is 6.42 Å². The van der Waals surface area contributed by atoms with E-state index in [2.05, 4.69) is 46.3 Å². The summed E-state index contributed by atoms with van der Waals surface area (Å²) in [7, 11) is 8.05. The topological polar surface area (TPSA) is 142 Å². The second kappa shape index (κ2) is 30.1. The molecule has 0 bridgehead atoms. The molecule has 0 heterocycles. The average molecular weight is 757 g/mol. The van der Waals surface area contributed by atoms with Gasteiger partial charge in [0.05, 0.1) is 20.1 Å². The van der Waals surface area contributed by atoms with Crippen molar-refractivity contribution in [1.29, 1.82) is 0 Å². The van der Waals surface area contributed by atoms with E-state index in [-0.39, 0.29) is 59.0 Å². The third-order valence-corrected chi connectivity index (χ3v) is 5.42. The van der Waals surface area contributed by atoms with Crippen molar-refractivity contribution in [3.63, 3.8) is 0 Å². The van der Waals surface area contributed by atoms with E-state index >= 15 is 0 Å². The lowest BCUT2D eigenvalue weighted by Crippen LogP contribution is -2.29. The van der Waals surface area contributed by atoms with Gasteiger partial charge in [0.15, 0.2) is 12.6 Å². The summed E-state index contributed by atoms with van der Waals surface area (Å²) in [6, 6.07) is 0. The van der Waals surface area contributed by atoms with Gasteiger partial charge in [-0.25, -0.2) is 0 Å². The van der Waals surface area contributed by atoms with E-state index in [9.17, 15) is 19.2 Å². The summed E-state index contributed by atoms with van der Waals surface area (Å²) >= 11 is 0. The SMILES string of the molecule is C.CC(=O)OC(CC(C)(C)C)OC(C)=O.CC(=O)OCC(C)(C)C.COC(=O)CC(C)(C)C.COC(CC(C)(C)C)OC.COC(OC)C(C)(C)C. The van der Waals surface area contributed by atoms with Crippen LogP contribution in [0.4, 0.5) is 0 Å². The number of ether oxygens (including phenoxy) is 8. The molecule has 0 radical (unpaired) electrons. The van der Waals surface area contributed by atoms with Crippen LogP contribution in [0.25, 0.3) is 0 Å². The maximum absolute atomic E-state index is 10.7. The molecule has 0 aliphatic carbocycles. The molecule has 0 aromatic carbocycles. The smallest absolute Gasteiger partial charge is 0.306 e. The highest BCUT2D eigenvalue weighted by atomic mass is 16.7. The van der Waals surface area contributed by atoms with Crippen LogP contribution in [0.3, 0.4) is 0 Å². The van der Waals surface area contributed by atoms with Gasteiger partial charge in [0, 0.05) is 67.5 Å². The van der Waals surface area contributed by atoms with E-state index in [1.54, 1.807) is 28.4 Å². The number of hydrogen-bond acceptors (Lipinski definition) is 12. The second-order valence-electron chi connectivity index (χ2n) is 17.9. The Bertz CT molecular complexity index is 887. The average Bonchev–Trinajstić information content (AvgIpc) is 2.88. The first kappa shape index (κ1) is 61.7. The Morgan fingerprint density at radius 1 is 0.481 bits per heavy atom. The highest BCUT2D eigenvalue weighted by Gasteiger charge is 2.24. The van der Waals surface area contributed by atoms with Gasteiger partial charge in [-0.3, -0.25) is 19.2 Å². The summed E-state index contributed by atoms with van der Waals surface area (Å²) in [6.45, 7) is 35.2. The first-order chi connectivity index (χ1) is 22.6. The number of carbonyl (C=O) groups is 4. The number of carbonyl (C=O) groups excluding carboxylic acids is 4. The number of methoxy groups -OCH3 is 5. The van der Waals surface area contributed by atoms with Gasteiger partial charge in [0.2, 0.25) is 6.29 Å². The fraction of sp³-hybridized carbons (Fsp3) is 0.900. The first-order valence-electron chi connectivity index (χ1n) is 17.3. The van der Waals surface area contributed by atoms with Crippen LogP contribution in [-0.4, -0.2) is 84.9 Å². The van der Waals surface area contributed by atoms with Gasteiger partial charge in [-0.1, -0.05) is 111 Å². The molecule has 0 aromatic heterocycles. The zero-order chi connectivity index (χ0) is 42.0. The van der Waals surface area contributed by atoms with Gasteiger partial charge in [-0.2, -0.15) is 0 Å².